The highest BCUT2D eigenvalue weighted by Gasteiger charge is 2.32. The summed E-state index contributed by atoms with van der Waals surface area (Å²) >= 11 is 0. The van der Waals surface area contributed by atoms with Gasteiger partial charge in [-0.3, -0.25) is 9.48 Å². The van der Waals surface area contributed by atoms with Crippen LogP contribution in [-0.4, -0.2) is 32.9 Å². The molecule has 0 spiro atoms. The third kappa shape index (κ3) is 4.14. The first-order valence-electron chi connectivity index (χ1n) is 9.37. The third-order valence-electron chi connectivity index (χ3n) is 5.47. The van der Waals surface area contributed by atoms with Crippen LogP contribution in [0.1, 0.15) is 76.4 Å². The summed E-state index contributed by atoms with van der Waals surface area (Å²) in [6.45, 7) is 4.28. The van der Waals surface area contributed by atoms with E-state index in [2.05, 4.69) is 29.6 Å². The fourth-order valence-electron chi connectivity index (χ4n) is 3.58. The number of hydrogen-bond acceptors (Lipinski definition) is 3. The normalized spacial score (nSPS) is 24.6. The van der Waals surface area contributed by atoms with Gasteiger partial charge in [-0.25, -0.2) is 4.79 Å². The Bertz CT molecular complexity index is 630. The second-order valence-corrected chi connectivity index (χ2v) is 7.40. The van der Waals surface area contributed by atoms with E-state index in [9.17, 15) is 9.59 Å². The molecule has 0 saturated heterocycles. The monoisotopic (exact) mass is 348 g/mol. The van der Waals surface area contributed by atoms with Gasteiger partial charge in [-0.2, -0.15) is 5.10 Å². The molecule has 7 nitrogen and oxygen atoms in total. The fraction of sp³-hybridized carbons (Fsp3) is 0.722. The maximum atomic E-state index is 12.4. The molecule has 7 heteroatoms. The highest BCUT2D eigenvalue weighted by molar-refractivity contribution is 5.90. The number of carbonyl (C=O) groups excluding carboxylic acids is 1. The van der Waals surface area contributed by atoms with Crippen molar-refractivity contribution >= 4 is 17.7 Å². The van der Waals surface area contributed by atoms with Crippen LogP contribution in [0.3, 0.4) is 0 Å². The van der Waals surface area contributed by atoms with Crippen molar-refractivity contribution in [3.05, 3.63) is 11.9 Å². The summed E-state index contributed by atoms with van der Waals surface area (Å²) < 4.78 is 2.05. The number of nitrogens with zero attached hydrogens (tertiary/aromatic N) is 2. The van der Waals surface area contributed by atoms with Gasteiger partial charge in [0.15, 0.2) is 0 Å². The average Bonchev–Trinajstić information content (AvgIpc) is 3.35. The number of carboxylic acid groups (broad SMARTS) is 1. The second kappa shape index (κ2) is 7.45. The number of hydrogen-bond donors (Lipinski definition) is 3. The van der Waals surface area contributed by atoms with E-state index >= 15 is 0 Å². The van der Waals surface area contributed by atoms with Crippen LogP contribution in [0.2, 0.25) is 0 Å². The molecule has 25 heavy (non-hydrogen) atoms. The Hall–Kier alpha value is -2.05. The second-order valence-electron chi connectivity index (χ2n) is 7.40. The molecule has 2 amide bonds. The van der Waals surface area contributed by atoms with Crippen molar-refractivity contribution in [3.63, 3.8) is 0 Å². The van der Waals surface area contributed by atoms with Gasteiger partial charge in [0.05, 0.1) is 23.5 Å². The molecular formula is C18H28N4O3. The topological polar surface area (TPSA) is 96.3 Å². The van der Waals surface area contributed by atoms with Gasteiger partial charge in [0, 0.05) is 18.0 Å². The molecule has 138 valence electrons. The first-order chi connectivity index (χ1) is 12.0. The van der Waals surface area contributed by atoms with E-state index in [1.54, 1.807) is 6.20 Å². The molecular weight excluding hydrogens is 320 g/mol. The van der Waals surface area contributed by atoms with Gasteiger partial charge in [-0.1, -0.05) is 6.92 Å². The Kier molecular flexibility index (Phi) is 5.30. The largest absolute Gasteiger partial charge is 0.481 e. The Labute approximate surface area is 148 Å². The smallest absolute Gasteiger partial charge is 0.319 e. The molecule has 1 aromatic rings. The summed E-state index contributed by atoms with van der Waals surface area (Å²) in [5.74, 6) is -0.497. The average molecular weight is 348 g/mol. The highest BCUT2D eigenvalue weighted by atomic mass is 16.4. The third-order valence-corrected chi connectivity index (χ3v) is 5.47. The van der Waals surface area contributed by atoms with Gasteiger partial charge < -0.3 is 15.7 Å². The number of urea groups is 1. The Morgan fingerprint density at radius 2 is 1.96 bits per heavy atom. The Morgan fingerprint density at radius 3 is 2.52 bits per heavy atom. The molecule has 2 aliphatic rings. The molecule has 0 bridgehead atoms. The zero-order chi connectivity index (χ0) is 18.0. The molecule has 1 aromatic heterocycles. The molecule has 0 aromatic carbocycles. The van der Waals surface area contributed by atoms with Crippen molar-refractivity contribution in [1.29, 1.82) is 0 Å². The van der Waals surface area contributed by atoms with E-state index in [0.29, 0.717) is 37.6 Å². The van der Waals surface area contributed by atoms with Crippen LogP contribution in [0.25, 0.3) is 0 Å². The molecule has 3 rings (SSSR count). The highest BCUT2D eigenvalue weighted by Crippen LogP contribution is 2.44. The van der Waals surface area contributed by atoms with Crippen molar-refractivity contribution in [1.82, 2.24) is 15.1 Å². The summed E-state index contributed by atoms with van der Waals surface area (Å²) in [5, 5.41) is 19.5. The SMILES string of the molecule is CCC(C)n1ncc(NC(=O)NC2CCC(C(=O)O)CC2)c1C1CC1. The van der Waals surface area contributed by atoms with Crippen molar-refractivity contribution < 1.29 is 14.7 Å². The summed E-state index contributed by atoms with van der Waals surface area (Å²) in [5.41, 5.74) is 1.94. The number of aliphatic carboxylic acids is 1. The molecule has 0 radical (unpaired) electrons. The van der Waals surface area contributed by atoms with Crippen LogP contribution in [0.4, 0.5) is 10.5 Å². The number of aromatic nitrogens is 2. The summed E-state index contributed by atoms with van der Waals surface area (Å²) in [6.07, 6.45) is 7.73. The molecule has 2 aliphatic carbocycles. The quantitative estimate of drug-likeness (QED) is 0.733. The molecule has 2 fully saturated rings. The van der Waals surface area contributed by atoms with Gasteiger partial charge in [0.2, 0.25) is 0 Å². The van der Waals surface area contributed by atoms with Crippen LogP contribution in [-0.2, 0) is 4.79 Å². The van der Waals surface area contributed by atoms with E-state index in [4.69, 9.17) is 5.11 Å². The summed E-state index contributed by atoms with van der Waals surface area (Å²) in [4.78, 5) is 23.4. The van der Waals surface area contributed by atoms with Crippen LogP contribution in [0, 0.1) is 5.92 Å². The van der Waals surface area contributed by atoms with E-state index in [-0.39, 0.29) is 18.0 Å². The van der Waals surface area contributed by atoms with Crippen LogP contribution >= 0.6 is 0 Å². The molecule has 1 heterocycles. The fourth-order valence-corrected chi connectivity index (χ4v) is 3.58. The first kappa shape index (κ1) is 17.8. The summed E-state index contributed by atoms with van der Waals surface area (Å²) in [6, 6.07) is 0.148. The summed E-state index contributed by atoms with van der Waals surface area (Å²) in [7, 11) is 0. The van der Waals surface area contributed by atoms with Gasteiger partial charge in [0.25, 0.3) is 0 Å². The van der Waals surface area contributed by atoms with Gasteiger partial charge in [-0.05, 0) is 51.9 Å². The molecule has 3 N–H and O–H groups in total. The molecule has 0 aliphatic heterocycles. The van der Waals surface area contributed by atoms with Crippen molar-refractivity contribution in [2.24, 2.45) is 5.92 Å². The predicted octanol–water partition coefficient (Wildman–Crippen LogP) is 3.50. The Balaban J connectivity index is 1.58. The van der Waals surface area contributed by atoms with E-state index < -0.39 is 5.97 Å². The van der Waals surface area contributed by atoms with Crippen molar-refractivity contribution in [2.45, 2.75) is 76.8 Å². The lowest BCUT2D eigenvalue weighted by Crippen LogP contribution is -2.41. The van der Waals surface area contributed by atoms with Gasteiger partial charge >= 0.3 is 12.0 Å². The van der Waals surface area contributed by atoms with E-state index in [1.807, 2.05) is 4.68 Å². The standard InChI is InChI=1S/C18H28N4O3/c1-3-11(2)22-16(12-4-5-12)15(10-19-22)21-18(25)20-14-8-6-13(7-9-14)17(23)24/h10-14H,3-9H2,1-2H3,(H,23,24)(H2,20,21,25). The maximum Gasteiger partial charge on any atom is 0.319 e. The van der Waals surface area contributed by atoms with E-state index in [0.717, 1.165) is 30.6 Å². The lowest BCUT2D eigenvalue weighted by atomic mass is 9.86. The number of carboxylic acids is 1. The predicted molar refractivity (Wildman–Crippen MR) is 94.7 cm³/mol. The van der Waals surface area contributed by atoms with E-state index in [1.165, 1.54) is 0 Å². The number of rotatable bonds is 6. The Morgan fingerprint density at radius 1 is 1.28 bits per heavy atom. The lowest BCUT2D eigenvalue weighted by molar-refractivity contribution is -0.142. The van der Waals surface area contributed by atoms with Crippen molar-refractivity contribution in [2.75, 3.05) is 5.32 Å². The minimum Gasteiger partial charge on any atom is -0.481 e. The minimum atomic E-state index is -0.727. The minimum absolute atomic E-state index is 0.0459. The number of carbonyl (C=O) groups is 2. The molecule has 1 atom stereocenters. The zero-order valence-electron chi connectivity index (χ0n) is 15.0. The van der Waals surface area contributed by atoms with Gasteiger partial charge in [-0.15, -0.1) is 0 Å². The van der Waals surface area contributed by atoms with Gasteiger partial charge in [0.1, 0.15) is 0 Å². The van der Waals surface area contributed by atoms with Crippen LogP contribution in [0.5, 0.6) is 0 Å². The first-order valence-corrected chi connectivity index (χ1v) is 9.37. The molecule has 1 unspecified atom stereocenters. The number of anilines is 1. The number of nitrogens with one attached hydrogen (secondary N) is 2. The van der Waals surface area contributed by atoms with Crippen LogP contribution < -0.4 is 10.6 Å². The molecule has 2 saturated carbocycles. The van der Waals surface area contributed by atoms with Crippen LogP contribution in [0.15, 0.2) is 6.20 Å². The lowest BCUT2D eigenvalue weighted by Gasteiger charge is -2.26. The number of amides is 2. The maximum absolute atomic E-state index is 12.4. The zero-order valence-corrected chi connectivity index (χ0v) is 15.0. The van der Waals surface area contributed by atoms with Crippen molar-refractivity contribution in [3.8, 4) is 0 Å².